The minimum Gasteiger partial charge on any atom is -0.870 e. The molecule has 0 bridgehead atoms. The van der Waals surface area contributed by atoms with Crippen LogP contribution in [0.1, 0.15) is 0 Å². The van der Waals surface area contributed by atoms with Crippen molar-refractivity contribution in [2.45, 2.75) is 0 Å². The fourth-order valence-electron chi connectivity index (χ4n) is 0. The van der Waals surface area contributed by atoms with Crippen LogP contribution in [0.15, 0.2) is 0 Å². The molecule has 0 saturated carbocycles. The first-order valence-electron chi connectivity index (χ1n) is 0.730. The van der Waals surface area contributed by atoms with Crippen molar-refractivity contribution in [2.24, 2.45) is 0 Å². The van der Waals surface area contributed by atoms with Crippen LogP contribution in [0, 0.1) is 0 Å². The van der Waals surface area contributed by atoms with Gasteiger partial charge in [0.25, 0.3) is 0 Å². The van der Waals surface area contributed by atoms with Gasteiger partial charge in [0.2, 0.25) is 0 Å². The van der Waals surface area contributed by atoms with E-state index in [9.17, 15) is 0 Å². The molecule has 0 atom stereocenters. The summed E-state index contributed by atoms with van der Waals surface area (Å²) in [4.78, 5) is 25.6. The third kappa shape index (κ3) is 68.0. The molecule has 5 nitrogen and oxygen atoms in total. The maximum absolute atomic E-state index is 8.55. The fraction of sp³-hybridized carbons (Fsp3) is 0. The van der Waals surface area contributed by atoms with Gasteiger partial charge in [0.1, 0.15) is 0 Å². The molecule has 40 valence electrons. The average molecular weight is 240 g/mol. The van der Waals surface area contributed by atoms with Crippen LogP contribution in [0.25, 0.3) is 0 Å². The Balaban J connectivity index is -0.0000000267. The molecule has 0 aromatic heterocycles. The van der Waals surface area contributed by atoms with Crippen LogP contribution >= 0.6 is 7.82 Å². The molecule has 0 aromatic carbocycles. The molecule has 0 aliphatic rings. The van der Waals surface area contributed by atoms with Gasteiger partial charge >= 0.3 is 83.2 Å². The molecule has 0 aliphatic heterocycles. The second-order valence-electron chi connectivity index (χ2n) is 0.447. The summed E-state index contributed by atoms with van der Waals surface area (Å²) in [6.07, 6.45) is 0. The first-order valence-corrected chi connectivity index (χ1v) is 2.19. The van der Waals surface area contributed by atoms with E-state index in [2.05, 4.69) is 0 Å². The van der Waals surface area contributed by atoms with E-state index in [1.807, 2.05) is 0 Å². The van der Waals surface area contributed by atoms with E-state index in [0.29, 0.717) is 0 Å². The molecule has 0 rings (SSSR count). The zero-order chi connectivity index (χ0) is 4.50. The molecule has 0 saturated heterocycles. The SMILES string of the molecule is O=P([O-])([O-])[O-].[Ca+2].[OH-].[Sr+2]. The van der Waals surface area contributed by atoms with E-state index in [0.717, 1.165) is 0 Å². The van der Waals surface area contributed by atoms with Crippen molar-refractivity contribution in [3.05, 3.63) is 0 Å². The second kappa shape index (κ2) is 9.81. The molecule has 0 aromatic rings. The Bertz CT molecular complexity index is 58.6. The van der Waals surface area contributed by atoms with Gasteiger partial charge in [0, 0.05) is 0 Å². The van der Waals surface area contributed by atoms with Crippen molar-refractivity contribution >= 4 is 91.0 Å². The molecule has 0 heterocycles. The van der Waals surface area contributed by atoms with Crippen LogP contribution in [0.5, 0.6) is 0 Å². The van der Waals surface area contributed by atoms with Crippen molar-refractivity contribution in [2.75, 3.05) is 0 Å². The molecule has 0 fully saturated rings. The van der Waals surface area contributed by atoms with Crippen LogP contribution < -0.4 is 14.7 Å². The van der Waals surface area contributed by atoms with Gasteiger partial charge in [0.15, 0.2) is 0 Å². The second-order valence-corrected chi connectivity index (χ2v) is 1.34. The average Bonchev–Trinajstić information content (AvgIpc) is 0.722. The van der Waals surface area contributed by atoms with Gasteiger partial charge in [0.05, 0.1) is 0 Å². The fourth-order valence-corrected chi connectivity index (χ4v) is 0. The number of phosphoric acid groups is 1. The Labute approximate surface area is 113 Å². The summed E-state index contributed by atoms with van der Waals surface area (Å²) in [5, 5.41) is 0. The molecule has 8 heavy (non-hydrogen) atoms. The summed E-state index contributed by atoms with van der Waals surface area (Å²) >= 11 is 0. The topological polar surface area (TPSA) is 116 Å². The third-order valence-electron chi connectivity index (χ3n) is 0. The molecule has 8 heteroatoms. The quantitative estimate of drug-likeness (QED) is 0.318. The van der Waals surface area contributed by atoms with E-state index in [4.69, 9.17) is 19.2 Å². The Kier molecular flexibility index (Phi) is 27.5. The molecule has 0 spiro atoms. The van der Waals surface area contributed by atoms with Crippen LogP contribution in [0.4, 0.5) is 0 Å². The Hall–Kier alpha value is 2.81. The van der Waals surface area contributed by atoms with Gasteiger partial charge in [-0.05, 0) is 0 Å². The normalized spacial score (nSPS) is 7.38. The first kappa shape index (κ1) is 22.4. The van der Waals surface area contributed by atoms with Gasteiger partial charge < -0.3 is 24.7 Å². The monoisotopic (exact) mass is 240 g/mol. The van der Waals surface area contributed by atoms with E-state index in [1.54, 1.807) is 0 Å². The number of rotatable bonds is 0. The standard InChI is InChI=1S/Ca.H3O4P.H2O.Sr/c;1-5(2,3)4;;/h;(H3,1,2,3,4);1H2;/q+2;;;+2/p-4. The van der Waals surface area contributed by atoms with Gasteiger partial charge in [-0.2, -0.15) is 7.82 Å². The van der Waals surface area contributed by atoms with Crippen molar-refractivity contribution < 1.29 is 24.7 Å². The van der Waals surface area contributed by atoms with Gasteiger partial charge in [-0.3, -0.25) is 0 Å². The summed E-state index contributed by atoms with van der Waals surface area (Å²) < 4.78 is 8.55. The van der Waals surface area contributed by atoms with Crippen LogP contribution in [0.3, 0.4) is 0 Å². The van der Waals surface area contributed by atoms with Crippen molar-refractivity contribution in [1.29, 1.82) is 0 Å². The zero-order valence-electron chi connectivity index (χ0n) is 3.94. The summed E-state index contributed by atoms with van der Waals surface area (Å²) in [6.45, 7) is 0. The Morgan fingerprint density at radius 2 is 1.12 bits per heavy atom. The molecule has 0 radical (unpaired) electrons. The molecule has 0 unspecified atom stereocenters. The third-order valence-corrected chi connectivity index (χ3v) is 0. The molecular formula is HCaO5PSr. The predicted octanol–water partition coefficient (Wildman–Crippen LogP) is -3.76. The minimum atomic E-state index is -5.39. The number of hydrogen-bond donors (Lipinski definition) is 0. The maximum Gasteiger partial charge on any atom is 2.00 e. The Morgan fingerprint density at radius 1 is 1.12 bits per heavy atom. The minimum absolute atomic E-state index is 0. The van der Waals surface area contributed by atoms with E-state index < -0.39 is 7.82 Å². The van der Waals surface area contributed by atoms with Crippen LogP contribution in [-0.4, -0.2) is 88.7 Å². The van der Waals surface area contributed by atoms with E-state index in [-0.39, 0.29) is 88.7 Å². The van der Waals surface area contributed by atoms with Crippen molar-refractivity contribution in [3.8, 4) is 0 Å². The largest absolute Gasteiger partial charge is 2.00 e. The first-order chi connectivity index (χ1) is 2.00. The number of hydrogen-bond acceptors (Lipinski definition) is 5. The summed E-state index contributed by atoms with van der Waals surface area (Å²) in [5.41, 5.74) is 0. The smallest absolute Gasteiger partial charge is 0.870 e. The Morgan fingerprint density at radius 3 is 1.12 bits per heavy atom. The molecular weight excluding hydrogens is 239 g/mol. The van der Waals surface area contributed by atoms with E-state index in [1.165, 1.54) is 0 Å². The van der Waals surface area contributed by atoms with Crippen molar-refractivity contribution in [1.82, 2.24) is 0 Å². The summed E-state index contributed by atoms with van der Waals surface area (Å²) in [5.74, 6) is 0. The maximum atomic E-state index is 8.55. The molecule has 0 amide bonds. The van der Waals surface area contributed by atoms with Gasteiger partial charge in [-0.25, -0.2) is 0 Å². The van der Waals surface area contributed by atoms with Gasteiger partial charge in [-0.1, -0.05) is 0 Å². The molecule has 1 N–H and O–H groups in total. The van der Waals surface area contributed by atoms with Crippen LogP contribution in [-0.2, 0) is 4.57 Å². The van der Waals surface area contributed by atoms with Gasteiger partial charge in [-0.15, -0.1) is 0 Å². The summed E-state index contributed by atoms with van der Waals surface area (Å²) in [6, 6.07) is 0. The van der Waals surface area contributed by atoms with Crippen molar-refractivity contribution in [3.63, 3.8) is 0 Å². The van der Waals surface area contributed by atoms with Crippen LogP contribution in [0.2, 0.25) is 0 Å². The van der Waals surface area contributed by atoms with E-state index >= 15 is 0 Å². The predicted molar refractivity (Wildman–Crippen MR) is 21.1 cm³/mol. The summed E-state index contributed by atoms with van der Waals surface area (Å²) in [7, 11) is -5.39. The molecule has 0 aliphatic carbocycles. The zero-order valence-corrected chi connectivity index (χ0v) is 10.5.